The van der Waals surface area contributed by atoms with Crippen molar-refractivity contribution in [2.45, 2.75) is 40.0 Å². The fraction of sp³-hybridized carbons (Fsp3) is 0.167. The van der Waals surface area contributed by atoms with E-state index in [-0.39, 0.29) is 5.41 Å². The van der Waals surface area contributed by atoms with E-state index in [4.69, 9.17) is 14.4 Å². The molecular weight excluding hydrogens is 476 g/mol. The molecule has 0 aliphatic heterocycles. The molecule has 0 aliphatic carbocycles. The number of nitrogens with zero attached hydrogens (tertiary/aromatic N) is 2. The highest BCUT2D eigenvalue weighted by atomic mass is 16.3. The van der Waals surface area contributed by atoms with Gasteiger partial charge in [-0.15, -0.1) is 0 Å². The van der Waals surface area contributed by atoms with E-state index in [1.165, 1.54) is 27.5 Å². The molecule has 3 heterocycles. The molecule has 7 rings (SSSR count). The van der Waals surface area contributed by atoms with Crippen molar-refractivity contribution in [1.82, 2.24) is 9.97 Å². The first-order chi connectivity index (χ1) is 18.8. The van der Waals surface area contributed by atoms with Crippen LogP contribution in [0, 0.1) is 13.8 Å². The van der Waals surface area contributed by atoms with Gasteiger partial charge in [0.2, 0.25) is 0 Å². The Hall–Kier alpha value is -4.50. The summed E-state index contributed by atoms with van der Waals surface area (Å²) < 4.78 is 6.58. The van der Waals surface area contributed by atoms with Gasteiger partial charge in [-0.1, -0.05) is 75.4 Å². The molecule has 0 amide bonds. The van der Waals surface area contributed by atoms with Crippen molar-refractivity contribution in [3.05, 3.63) is 108 Å². The molecule has 0 radical (unpaired) electrons. The second-order valence-corrected chi connectivity index (χ2v) is 11.7. The van der Waals surface area contributed by atoms with Crippen molar-refractivity contribution in [3.63, 3.8) is 0 Å². The third-order valence-electron chi connectivity index (χ3n) is 7.86. The molecule has 0 atom stereocenters. The Balaban J connectivity index is 1.38. The molecule has 3 nitrogen and oxygen atoms in total. The molecular formula is C36H30N2O. The van der Waals surface area contributed by atoms with Crippen LogP contribution in [0.2, 0.25) is 0 Å². The van der Waals surface area contributed by atoms with E-state index in [2.05, 4.69) is 107 Å². The van der Waals surface area contributed by atoms with Crippen LogP contribution in [0.15, 0.2) is 95.5 Å². The van der Waals surface area contributed by atoms with Gasteiger partial charge in [0.25, 0.3) is 0 Å². The molecule has 0 fully saturated rings. The van der Waals surface area contributed by atoms with Gasteiger partial charge in [-0.25, -0.2) is 4.98 Å². The van der Waals surface area contributed by atoms with Crippen molar-refractivity contribution in [3.8, 4) is 22.4 Å². The van der Waals surface area contributed by atoms with Gasteiger partial charge in [0.05, 0.1) is 5.69 Å². The van der Waals surface area contributed by atoms with Crippen LogP contribution in [0.25, 0.3) is 66.0 Å². The van der Waals surface area contributed by atoms with Crippen LogP contribution in [0.3, 0.4) is 0 Å². The maximum absolute atomic E-state index is 6.58. The summed E-state index contributed by atoms with van der Waals surface area (Å²) in [6.07, 6.45) is 1.97. The smallest absolute Gasteiger partial charge is 0.161 e. The zero-order chi connectivity index (χ0) is 26.9. The summed E-state index contributed by atoms with van der Waals surface area (Å²) in [5.74, 6) is 0. The molecule has 39 heavy (non-hydrogen) atoms. The standard InChI is InChI=1S/C36H30N2O/c1-21-20-37-32(19-31(21)26-12-11-25-18-27(36(3,4)5)15-13-24(25)17-26)30-8-6-7-28-29-16-14-23-10-9-22(2)38-33(23)35(29)39-34(28)30/h6-20H,1-5H3. The predicted molar refractivity (Wildman–Crippen MR) is 163 cm³/mol. The second-order valence-electron chi connectivity index (χ2n) is 11.7. The number of benzene rings is 4. The Morgan fingerprint density at radius 1 is 0.667 bits per heavy atom. The Morgan fingerprint density at radius 3 is 2.26 bits per heavy atom. The highest BCUT2D eigenvalue weighted by molar-refractivity contribution is 6.16. The summed E-state index contributed by atoms with van der Waals surface area (Å²) in [6, 6.07) is 30.5. The number of para-hydroxylation sites is 1. The predicted octanol–water partition coefficient (Wildman–Crippen LogP) is 9.93. The first kappa shape index (κ1) is 23.6. The van der Waals surface area contributed by atoms with Gasteiger partial charge in [0.15, 0.2) is 5.58 Å². The van der Waals surface area contributed by atoms with E-state index in [0.29, 0.717) is 0 Å². The van der Waals surface area contributed by atoms with Crippen LogP contribution < -0.4 is 0 Å². The zero-order valence-corrected chi connectivity index (χ0v) is 23.0. The van der Waals surface area contributed by atoms with E-state index in [1.807, 2.05) is 19.2 Å². The summed E-state index contributed by atoms with van der Waals surface area (Å²) in [5.41, 5.74) is 10.4. The van der Waals surface area contributed by atoms with Crippen LogP contribution in [0.4, 0.5) is 0 Å². The average Bonchev–Trinajstić information content (AvgIpc) is 3.32. The zero-order valence-electron chi connectivity index (χ0n) is 23.0. The van der Waals surface area contributed by atoms with Gasteiger partial charge in [-0.05, 0) is 82.6 Å². The van der Waals surface area contributed by atoms with E-state index in [9.17, 15) is 0 Å². The Bertz CT molecular complexity index is 2080. The van der Waals surface area contributed by atoms with Crippen molar-refractivity contribution < 1.29 is 4.42 Å². The Kier molecular flexibility index (Phi) is 5.15. The van der Waals surface area contributed by atoms with Gasteiger partial charge in [-0.3, -0.25) is 4.98 Å². The summed E-state index contributed by atoms with van der Waals surface area (Å²) in [7, 11) is 0. The number of aromatic nitrogens is 2. The van der Waals surface area contributed by atoms with Crippen molar-refractivity contribution >= 4 is 43.6 Å². The van der Waals surface area contributed by atoms with Gasteiger partial charge in [0, 0.05) is 33.6 Å². The quantitative estimate of drug-likeness (QED) is 0.234. The van der Waals surface area contributed by atoms with Gasteiger partial charge < -0.3 is 4.42 Å². The molecule has 190 valence electrons. The van der Waals surface area contributed by atoms with Gasteiger partial charge in [0.1, 0.15) is 11.1 Å². The average molecular weight is 507 g/mol. The minimum Gasteiger partial charge on any atom is -0.453 e. The Morgan fingerprint density at radius 2 is 1.41 bits per heavy atom. The summed E-state index contributed by atoms with van der Waals surface area (Å²) >= 11 is 0. The molecule has 0 saturated heterocycles. The third kappa shape index (κ3) is 3.88. The van der Waals surface area contributed by atoms with Gasteiger partial charge >= 0.3 is 0 Å². The Labute approximate surface area is 228 Å². The molecule has 7 aromatic rings. The molecule has 3 aromatic heterocycles. The normalized spacial score (nSPS) is 12.2. The molecule has 0 saturated carbocycles. The van der Waals surface area contributed by atoms with Crippen molar-refractivity contribution in [2.75, 3.05) is 0 Å². The lowest BCUT2D eigenvalue weighted by Crippen LogP contribution is -2.10. The van der Waals surface area contributed by atoms with E-state index < -0.39 is 0 Å². The SMILES string of the molecule is Cc1ccc2ccc3c4cccc(-c5cc(-c6ccc7cc(C(C)(C)C)ccc7c6)c(C)cn5)c4oc3c2n1. The molecule has 0 bridgehead atoms. The summed E-state index contributed by atoms with van der Waals surface area (Å²) in [6.45, 7) is 10.9. The highest BCUT2D eigenvalue weighted by Gasteiger charge is 2.17. The summed E-state index contributed by atoms with van der Waals surface area (Å²) in [5, 5.41) is 5.75. The third-order valence-corrected chi connectivity index (χ3v) is 7.86. The maximum atomic E-state index is 6.58. The molecule has 3 heteroatoms. The number of hydrogen-bond donors (Lipinski definition) is 0. The molecule has 0 aliphatic rings. The lowest BCUT2D eigenvalue weighted by Gasteiger charge is -2.19. The van der Waals surface area contributed by atoms with E-state index in [1.54, 1.807) is 0 Å². The van der Waals surface area contributed by atoms with E-state index in [0.717, 1.165) is 55.4 Å². The fourth-order valence-corrected chi connectivity index (χ4v) is 5.60. The number of aryl methyl sites for hydroxylation is 2. The number of hydrogen-bond acceptors (Lipinski definition) is 3. The van der Waals surface area contributed by atoms with Crippen molar-refractivity contribution in [2.24, 2.45) is 0 Å². The number of pyridine rings is 2. The number of furan rings is 1. The molecule has 0 unspecified atom stereocenters. The highest BCUT2D eigenvalue weighted by Crippen LogP contribution is 2.39. The second kappa shape index (κ2) is 8.51. The minimum absolute atomic E-state index is 0.127. The van der Waals surface area contributed by atoms with E-state index >= 15 is 0 Å². The first-order valence-corrected chi connectivity index (χ1v) is 13.5. The summed E-state index contributed by atoms with van der Waals surface area (Å²) in [4.78, 5) is 9.66. The number of rotatable bonds is 2. The molecule has 0 N–H and O–H groups in total. The first-order valence-electron chi connectivity index (χ1n) is 13.5. The minimum atomic E-state index is 0.127. The maximum Gasteiger partial charge on any atom is 0.161 e. The number of fused-ring (bicyclic) bond motifs is 6. The van der Waals surface area contributed by atoms with Crippen LogP contribution >= 0.6 is 0 Å². The topological polar surface area (TPSA) is 38.9 Å². The van der Waals surface area contributed by atoms with Crippen LogP contribution in [0.5, 0.6) is 0 Å². The molecule has 4 aromatic carbocycles. The largest absolute Gasteiger partial charge is 0.453 e. The monoisotopic (exact) mass is 506 g/mol. The van der Waals surface area contributed by atoms with Crippen LogP contribution in [0.1, 0.15) is 37.6 Å². The van der Waals surface area contributed by atoms with Crippen LogP contribution in [-0.4, -0.2) is 9.97 Å². The lowest BCUT2D eigenvalue weighted by atomic mass is 9.85. The fourth-order valence-electron chi connectivity index (χ4n) is 5.60. The van der Waals surface area contributed by atoms with Crippen molar-refractivity contribution in [1.29, 1.82) is 0 Å². The van der Waals surface area contributed by atoms with Gasteiger partial charge in [-0.2, -0.15) is 0 Å². The molecule has 0 spiro atoms. The van der Waals surface area contributed by atoms with Crippen LogP contribution in [-0.2, 0) is 5.41 Å². The lowest BCUT2D eigenvalue weighted by molar-refractivity contribution is 0.591.